The lowest BCUT2D eigenvalue weighted by atomic mass is 9.97. The zero-order valence-corrected chi connectivity index (χ0v) is 24.8. The molecule has 2 N–H and O–H groups in total. The molecule has 2 amide bonds. The molecule has 0 unspecified atom stereocenters. The lowest BCUT2D eigenvalue weighted by molar-refractivity contribution is -0.274. The number of H-pyrrole nitrogens is 1. The summed E-state index contributed by atoms with van der Waals surface area (Å²) in [5.41, 5.74) is 1.78. The van der Waals surface area contributed by atoms with Crippen LogP contribution in [0.5, 0.6) is 5.75 Å². The Bertz CT molecular complexity index is 1670. The summed E-state index contributed by atoms with van der Waals surface area (Å²) < 4.78 is 62.1. The molecule has 12 nitrogen and oxygen atoms in total. The van der Waals surface area contributed by atoms with Crippen molar-refractivity contribution >= 4 is 23.0 Å². The zero-order chi connectivity index (χ0) is 32.4. The van der Waals surface area contributed by atoms with Gasteiger partial charge in [0.1, 0.15) is 17.2 Å². The molecule has 16 heteroatoms. The monoisotopic (exact) mass is 632 g/mol. The minimum Gasteiger partial charge on any atom is -0.444 e. The van der Waals surface area contributed by atoms with Crippen molar-refractivity contribution in [2.24, 2.45) is 0 Å². The number of aryl methyl sites for hydroxylation is 2. The second kappa shape index (κ2) is 12.7. The van der Waals surface area contributed by atoms with Gasteiger partial charge in [0.2, 0.25) is 0 Å². The number of fused-ring (bicyclic) bond motifs is 1. The number of carbonyl (C=O) groups is 2. The van der Waals surface area contributed by atoms with E-state index in [2.05, 4.69) is 35.5 Å². The van der Waals surface area contributed by atoms with Gasteiger partial charge in [0.25, 0.3) is 5.91 Å². The molecule has 1 aromatic carbocycles. The summed E-state index contributed by atoms with van der Waals surface area (Å²) >= 11 is 0. The van der Waals surface area contributed by atoms with E-state index < -0.39 is 29.4 Å². The third-order valence-electron chi connectivity index (χ3n) is 6.95. The van der Waals surface area contributed by atoms with Crippen LogP contribution in [0.15, 0.2) is 36.5 Å². The van der Waals surface area contributed by atoms with Crippen molar-refractivity contribution in [3.63, 3.8) is 0 Å². The number of benzene rings is 1. The Labute approximate surface area is 255 Å². The van der Waals surface area contributed by atoms with Crippen molar-refractivity contribution in [3.8, 4) is 5.75 Å². The highest BCUT2D eigenvalue weighted by Gasteiger charge is 2.35. The molecule has 3 aromatic heterocycles. The molecule has 4 aromatic rings. The van der Waals surface area contributed by atoms with Crippen molar-refractivity contribution in [2.45, 2.75) is 71.0 Å². The van der Waals surface area contributed by atoms with Gasteiger partial charge in [-0.25, -0.2) is 9.18 Å². The highest BCUT2D eigenvalue weighted by Crippen LogP contribution is 2.30. The lowest BCUT2D eigenvalue weighted by Crippen LogP contribution is -2.50. The van der Waals surface area contributed by atoms with Crippen molar-refractivity contribution in [3.05, 3.63) is 65.0 Å². The smallest absolute Gasteiger partial charge is 0.444 e. The molecule has 1 saturated heterocycles. The Kier molecular flexibility index (Phi) is 8.93. The van der Waals surface area contributed by atoms with Crippen LogP contribution in [0, 0.1) is 5.82 Å². The number of hydrogen-bond donors (Lipinski definition) is 2. The second-order valence-corrected chi connectivity index (χ2v) is 11.8. The molecule has 1 aliphatic rings. The van der Waals surface area contributed by atoms with Gasteiger partial charge in [0, 0.05) is 48.7 Å². The van der Waals surface area contributed by atoms with Crippen LogP contribution in [0.3, 0.4) is 0 Å². The van der Waals surface area contributed by atoms with E-state index in [0.29, 0.717) is 38.1 Å². The summed E-state index contributed by atoms with van der Waals surface area (Å²) in [5.74, 6) is -1.87. The van der Waals surface area contributed by atoms with Crippen molar-refractivity contribution < 1.29 is 36.6 Å². The molecule has 240 valence electrons. The maximum atomic E-state index is 14.0. The van der Waals surface area contributed by atoms with Crippen molar-refractivity contribution in [2.75, 3.05) is 13.1 Å². The minimum absolute atomic E-state index is 0.0154. The molecule has 1 aliphatic heterocycles. The first-order chi connectivity index (χ1) is 21.2. The van der Waals surface area contributed by atoms with E-state index in [0.717, 1.165) is 41.4 Å². The Hall–Kier alpha value is -4.76. The summed E-state index contributed by atoms with van der Waals surface area (Å²) in [6.07, 6.45) is -1.65. The number of alkyl halides is 3. The Balaban J connectivity index is 1.06. The molecule has 0 saturated carbocycles. The molecule has 0 spiro atoms. The summed E-state index contributed by atoms with van der Waals surface area (Å²) in [6, 6.07) is 6.56. The van der Waals surface area contributed by atoms with Gasteiger partial charge in [-0.15, -0.1) is 23.4 Å². The number of rotatable bonds is 10. The average Bonchev–Trinajstić information content (AvgIpc) is 3.55. The summed E-state index contributed by atoms with van der Waals surface area (Å²) in [4.78, 5) is 29.6. The largest absolute Gasteiger partial charge is 0.573 e. The number of nitrogens with zero attached hydrogens (tertiary/aromatic N) is 6. The van der Waals surface area contributed by atoms with E-state index in [1.54, 1.807) is 4.90 Å². The number of aromatic nitrogens is 6. The van der Waals surface area contributed by atoms with Crippen LogP contribution < -0.4 is 10.1 Å². The fourth-order valence-electron chi connectivity index (χ4n) is 4.73. The Morgan fingerprint density at radius 3 is 2.58 bits per heavy atom. The van der Waals surface area contributed by atoms with Gasteiger partial charge in [-0.1, -0.05) is 5.21 Å². The number of carbonyl (C=O) groups excluding carboxylic acids is 2. The SMILES string of the molecule is CC(C)(C)OC(=O)N1CC(c2cc3cc(CCCCn4cc(C(=O)NCc5cc(OC(F)(F)F)ccc5F)nn4)nnc3[nH]2)C1. The summed E-state index contributed by atoms with van der Waals surface area (Å²) in [5, 5.41) is 19.7. The number of amides is 2. The van der Waals surface area contributed by atoms with Gasteiger partial charge in [-0.3, -0.25) is 9.48 Å². The molecule has 5 rings (SSSR count). The predicted octanol–water partition coefficient (Wildman–Crippen LogP) is 4.87. The van der Waals surface area contributed by atoms with E-state index in [4.69, 9.17) is 4.74 Å². The highest BCUT2D eigenvalue weighted by atomic mass is 19.4. The normalized spacial score (nSPS) is 14.0. The molecule has 45 heavy (non-hydrogen) atoms. The maximum Gasteiger partial charge on any atom is 0.573 e. The van der Waals surface area contributed by atoms with Gasteiger partial charge >= 0.3 is 12.5 Å². The number of hydrogen-bond acceptors (Lipinski definition) is 8. The van der Waals surface area contributed by atoms with Crippen molar-refractivity contribution in [1.82, 2.24) is 40.4 Å². The number of likely N-dealkylation sites (tertiary alicyclic amines) is 1. The standard InChI is InChI=1S/C29H32F4N8O4/c1-28(2,3)45-27(43)40-14-19(15-40)23-12-17-10-20(36-38-25(17)35-23)6-4-5-9-41-16-24(37-39-41)26(42)34-13-18-11-21(7-8-22(18)30)44-29(31,32)33/h7-8,10-12,16,19H,4-6,9,13-15H2,1-3H3,(H,34,42)(H,35,38). The zero-order valence-electron chi connectivity index (χ0n) is 24.8. The van der Waals surface area contributed by atoms with E-state index in [1.807, 2.05) is 32.9 Å². The number of ether oxygens (including phenoxy) is 2. The Morgan fingerprint density at radius 2 is 1.84 bits per heavy atom. The predicted molar refractivity (Wildman–Crippen MR) is 152 cm³/mol. The summed E-state index contributed by atoms with van der Waals surface area (Å²) in [7, 11) is 0. The van der Waals surface area contributed by atoms with Gasteiger partial charge in [-0.05, 0) is 70.4 Å². The topological polar surface area (TPSA) is 140 Å². The first-order valence-corrected chi connectivity index (χ1v) is 14.3. The van der Waals surface area contributed by atoms with Crippen LogP contribution in [-0.2, 0) is 24.2 Å². The number of halogens is 4. The fraction of sp³-hybridized carbons (Fsp3) is 0.448. The third-order valence-corrected chi connectivity index (χ3v) is 6.95. The van der Waals surface area contributed by atoms with Gasteiger partial charge in [0.05, 0.1) is 11.9 Å². The van der Waals surface area contributed by atoms with Crippen LogP contribution in [0.1, 0.15) is 67.0 Å². The number of aromatic amines is 1. The summed E-state index contributed by atoms with van der Waals surface area (Å²) in [6.45, 7) is 6.76. The fourth-order valence-corrected chi connectivity index (χ4v) is 4.73. The molecular formula is C29H32F4N8O4. The minimum atomic E-state index is -4.92. The molecule has 0 radical (unpaired) electrons. The van der Waals surface area contributed by atoms with Crippen molar-refractivity contribution in [1.29, 1.82) is 0 Å². The second-order valence-electron chi connectivity index (χ2n) is 11.8. The maximum absolute atomic E-state index is 14.0. The number of nitrogens with one attached hydrogen (secondary N) is 2. The first-order valence-electron chi connectivity index (χ1n) is 14.3. The van der Waals surface area contributed by atoms with Crippen LogP contribution in [0.25, 0.3) is 11.0 Å². The lowest BCUT2D eigenvalue weighted by Gasteiger charge is -2.39. The number of unbranched alkanes of at least 4 members (excludes halogenated alkanes) is 1. The average molecular weight is 633 g/mol. The van der Waals surface area contributed by atoms with Crippen LogP contribution in [0.4, 0.5) is 22.4 Å². The quantitative estimate of drug-likeness (QED) is 0.186. The van der Waals surface area contributed by atoms with Crippen LogP contribution >= 0.6 is 0 Å². The van der Waals surface area contributed by atoms with Crippen LogP contribution in [-0.4, -0.2) is 72.1 Å². The van der Waals surface area contributed by atoms with E-state index in [9.17, 15) is 27.2 Å². The molecule has 0 atom stereocenters. The van der Waals surface area contributed by atoms with Gasteiger partial charge in [0.15, 0.2) is 11.3 Å². The van der Waals surface area contributed by atoms with Gasteiger partial charge in [-0.2, -0.15) is 5.10 Å². The molecular weight excluding hydrogens is 600 g/mol. The van der Waals surface area contributed by atoms with Gasteiger partial charge < -0.3 is 24.7 Å². The molecule has 0 aliphatic carbocycles. The van der Waals surface area contributed by atoms with Crippen LogP contribution in [0.2, 0.25) is 0 Å². The highest BCUT2D eigenvalue weighted by molar-refractivity contribution is 5.91. The first kappa shape index (κ1) is 31.7. The molecule has 1 fully saturated rings. The van der Waals surface area contributed by atoms with E-state index in [1.165, 1.54) is 10.9 Å². The van der Waals surface area contributed by atoms with E-state index >= 15 is 0 Å². The van der Waals surface area contributed by atoms with E-state index in [-0.39, 0.29) is 29.8 Å². The Morgan fingerprint density at radius 1 is 1.07 bits per heavy atom. The molecule has 4 heterocycles. The molecule has 0 bridgehead atoms. The third kappa shape index (κ3) is 8.45.